The van der Waals surface area contributed by atoms with Gasteiger partial charge in [0.15, 0.2) is 44.0 Å². The summed E-state index contributed by atoms with van der Waals surface area (Å²) in [5.41, 5.74) is -0.228. The fraction of sp³-hybridized carbons (Fsp3) is 0.744. The van der Waals surface area contributed by atoms with E-state index < -0.39 is 350 Å². The third-order valence-corrected chi connectivity index (χ3v) is 28.2. The molecule has 1 aromatic carbocycles. The van der Waals surface area contributed by atoms with Gasteiger partial charge in [-0.2, -0.15) is 23.5 Å². The van der Waals surface area contributed by atoms with E-state index in [1.807, 2.05) is 18.2 Å². The lowest BCUT2D eigenvalue weighted by Gasteiger charge is -2.50. The van der Waals surface area contributed by atoms with Crippen LogP contribution >= 0.6 is 23.5 Å². The van der Waals surface area contributed by atoms with Crippen molar-refractivity contribution in [1.82, 2.24) is 36.1 Å². The van der Waals surface area contributed by atoms with Gasteiger partial charge in [0, 0.05) is 65.8 Å². The zero-order valence-electron chi connectivity index (χ0n) is 76.6. The van der Waals surface area contributed by atoms with Crippen LogP contribution in [-0.2, 0) is 142 Å². The second-order valence-electron chi connectivity index (χ2n) is 35.2. The summed E-state index contributed by atoms with van der Waals surface area (Å²) in [6.07, 6.45) is -75.0. The van der Waals surface area contributed by atoms with Gasteiger partial charge in [0.25, 0.3) is 5.56 Å². The molecule has 4 amide bonds. The standard InChI is InChI=1S/C86H123N7O46S2/c1-5-86(39-18-42-53-35(16-34-8-6-7-9-40(34)92-53)22-93(42)77(120)38(39)28-124-85(86)121)139-52(103)21-90-50(101)19-89-51(102)20-91-76(119)41(87-3)30-141-32-49-74-60(110)67(117)84(131-49)136-72-47(27-98)127-79(63(113)56(72)106)132-68-43(23-94)125-78(61(111)54(68)104)133-69-44(24-95)128-81(64(114)57(69)107)137-73-48(31-140-29-36(75(118)88-4)17-37(100)11-13-123-15-14-122-12-10-33(2)99)130-83(66(116)59(73)109)135-71-46(26-97)126-80(62(112)55(71)105)134-70-45(25-96)129-82(138-74)65(115)58(70)108/h6-9,16,18,36,41,43-49,54-74,78-84,87,94-98,104-117H,5,10-15,17,19-32H2,1-4H3,(H,88,118)(H,89,102)(H,90,101)(H,91,119)/t36-,41-,43?,44?,45?,46?,47?,48?,49?,54-,55-,56-,57-,58-,59-,60-,61?,62?,63?,64?,65?,66?,67?,68-,69-,70-,71-,72+,73-,74-,78-,79-,80+,81-,82+,83-,84+,86+/m1/s1. The number of likely N-dealkylation sites (N-methyl/N-ethyl adjacent to an activating group) is 1. The minimum atomic E-state index is -2.37. The van der Waals surface area contributed by atoms with E-state index in [2.05, 4.69) is 26.6 Å². The fourth-order valence-electron chi connectivity index (χ4n) is 17.9. The van der Waals surface area contributed by atoms with E-state index in [9.17, 15) is 140 Å². The third-order valence-electron chi connectivity index (χ3n) is 25.8. The number of ketones is 2. The van der Waals surface area contributed by atoms with Gasteiger partial charge in [0.05, 0.1) is 126 Å². The second kappa shape index (κ2) is 50.1. The van der Waals surface area contributed by atoms with Crippen LogP contribution in [0.15, 0.2) is 41.2 Å². The maximum Gasteiger partial charge on any atom is 0.355 e. The number of nitrogens with zero attached hydrogens (tertiary/aromatic N) is 2. The number of para-hydroxylation sites is 1. The summed E-state index contributed by atoms with van der Waals surface area (Å²) >= 11 is 1.73. The molecule has 24 N–H and O–H groups in total. The predicted molar refractivity (Wildman–Crippen MR) is 468 cm³/mol. The molecule has 23 aliphatic rings. The zero-order chi connectivity index (χ0) is 102. The first kappa shape index (κ1) is 111. The number of hydrogen-bond donors (Lipinski definition) is 24. The lowest BCUT2D eigenvalue weighted by atomic mass is 9.85. The van der Waals surface area contributed by atoms with Crippen LogP contribution in [0, 0.1) is 5.92 Å². The van der Waals surface area contributed by atoms with Crippen molar-refractivity contribution in [3.8, 4) is 11.4 Å². The highest BCUT2D eigenvalue weighted by molar-refractivity contribution is 7.99. The number of benzene rings is 1. The minimum Gasteiger partial charge on any atom is -0.457 e. The van der Waals surface area contributed by atoms with Crippen molar-refractivity contribution in [3.63, 3.8) is 0 Å². The number of fused-ring (bicyclic) bond motifs is 5. The van der Waals surface area contributed by atoms with Gasteiger partial charge >= 0.3 is 11.9 Å². The maximum atomic E-state index is 14.1. The molecule has 55 heteroatoms. The van der Waals surface area contributed by atoms with Crippen LogP contribution in [0.1, 0.15) is 56.2 Å². The quantitative estimate of drug-likeness (QED) is 0.0150. The van der Waals surface area contributed by atoms with Crippen LogP contribution in [0.25, 0.3) is 22.3 Å². The molecular weight excluding hydrogens is 1930 g/mol. The number of aliphatic hydroxyl groups is 19. The number of thioether (sulfide) groups is 2. The summed E-state index contributed by atoms with van der Waals surface area (Å²) in [7, 11) is 2.65. The van der Waals surface area contributed by atoms with Crippen molar-refractivity contribution in [2.24, 2.45) is 5.92 Å². The van der Waals surface area contributed by atoms with Crippen LogP contribution in [0.2, 0.25) is 0 Å². The molecular formula is C86H123N7O46S2. The molecule has 0 saturated carbocycles. The molecule has 3 aromatic rings. The van der Waals surface area contributed by atoms with Crippen LogP contribution in [0.3, 0.4) is 0 Å². The van der Waals surface area contributed by atoms with Gasteiger partial charge in [-0.25, -0.2) is 9.78 Å². The number of Topliss-reactive ketones (excluding diaryl/α,β-unsaturated/α-hetero) is 2. The van der Waals surface area contributed by atoms with E-state index in [-0.39, 0.29) is 87.1 Å². The number of rotatable bonds is 35. The lowest BCUT2D eigenvalue weighted by molar-refractivity contribution is -0.395. The fourth-order valence-corrected chi connectivity index (χ4v) is 20.3. The highest BCUT2D eigenvalue weighted by Crippen LogP contribution is 2.44. The first-order valence-electron chi connectivity index (χ1n) is 45.8. The van der Waals surface area contributed by atoms with Crippen LogP contribution in [0.4, 0.5) is 0 Å². The Bertz CT molecular complexity index is 4790. The highest BCUT2D eigenvalue weighted by atomic mass is 32.2. The van der Waals surface area contributed by atoms with Crippen molar-refractivity contribution in [2.75, 3.05) is 116 Å². The average Bonchev–Trinajstić information content (AvgIpc) is 1.58. The number of cyclic esters (lactones) is 1. The highest BCUT2D eigenvalue weighted by Gasteiger charge is 2.61. The molecule has 21 saturated heterocycles. The number of hydrogen-bond acceptors (Lipinski definition) is 50. The Kier molecular flexibility index (Phi) is 39.5. The molecule has 0 aliphatic carbocycles. The molecule has 141 heavy (non-hydrogen) atoms. The minimum absolute atomic E-state index is 0.0663. The first-order valence-corrected chi connectivity index (χ1v) is 48.1. The summed E-state index contributed by atoms with van der Waals surface area (Å²) in [6, 6.07) is 9.56. The Hall–Kier alpha value is -7.00. The molecule has 0 radical (unpaired) electrons. The van der Waals surface area contributed by atoms with Gasteiger partial charge in [-0.15, -0.1) is 0 Å². The van der Waals surface area contributed by atoms with Crippen molar-refractivity contribution in [3.05, 3.63) is 63.4 Å². The van der Waals surface area contributed by atoms with Gasteiger partial charge in [0.2, 0.25) is 29.2 Å². The molecule has 2 aromatic heterocycles. The number of carbonyl (C=O) groups is 8. The number of ether oxygens (including phenoxy) is 18. The molecule has 53 nitrogen and oxygen atoms in total. The largest absolute Gasteiger partial charge is 0.457 e. The topological polar surface area (TPSA) is 782 Å². The number of amides is 4. The van der Waals surface area contributed by atoms with Crippen molar-refractivity contribution in [2.45, 2.75) is 279 Å². The molecule has 14 bridgehead atoms. The maximum absolute atomic E-state index is 14.1. The first-order chi connectivity index (χ1) is 67.4. The van der Waals surface area contributed by atoms with Gasteiger partial charge < -0.3 is 213 Å². The summed E-state index contributed by atoms with van der Waals surface area (Å²) in [4.78, 5) is 124. The number of pyridine rings is 2. The van der Waals surface area contributed by atoms with E-state index in [1.165, 1.54) is 32.5 Å². The number of esters is 2. The average molecular weight is 2060 g/mol. The Morgan fingerprint density at radius 1 is 0.482 bits per heavy atom. The molecule has 790 valence electrons. The molecule has 14 unspecified atom stereocenters. The summed E-state index contributed by atoms with van der Waals surface area (Å²) in [5, 5.41) is 234. The Labute approximate surface area is 811 Å². The molecule has 0 spiro atoms. The van der Waals surface area contributed by atoms with Crippen molar-refractivity contribution >= 4 is 81.6 Å². The normalized spacial score (nSPS) is 37.5. The van der Waals surface area contributed by atoms with Gasteiger partial charge in [-0.1, -0.05) is 25.1 Å². The number of carbonyl (C=O) groups excluding carboxylic acids is 8. The van der Waals surface area contributed by atoms with Crippen molar-refractivity contribution < 1.29 is 221 Å². The Balaban J connectivity index is 0.693. The van der Waals surface area contributed by atoms with Crippen LogP contribution < -0.4 is 32.1 Å². The van der Waals surface area contributed by atoms with E-state index in [4.69, 9.17) is 90.2 Å². The van der Waals surface area contributed by atoms with E-state index in [1.54, 1.807) is 18.2 Å². The smallest absolute Gasteiger partial charge is 0.355 e. The van der Waals surface area contributed by atoms with E-state index >= 15 is 0 Å². The molecule has 38 atom stereocenters. The summed E-state index contributed by atoms with van der Waals surface area (Å²) in [6.45, 7) is -5.11. The Morgan fingerprint density at radius 3 is 1.28 bits per heavy atom. The lowest BCUT2D eigenvalue weighted by Crippen LogP contribution is -2.68. The van der Waals surface area contributed by atoms with Crippen LogP contribution in [0.5, 0.6) is 0 Å². The number of aromatic nitrogens is 2. The van der Waals surface area contributed by atoms with Gasteiger partial charge in [0.1, 0.15) is 183 Å². The van der Waals surface area contributed by atoms with Gasteiger partial charge in [-0.05, 0) is 38.6 Å². The molecule has 26 rings (SSSR count). The predicted octanol–water partition coefficient (Wildman–Crippen LogP) is -13.4. The van der Waals surface area contributed by atoms with E-state index in [0.717, 1.165) is 34.5 Å². The van der Waals surface area contributed by atoms with Crippen LogP contribution in [-0.4, -0.2) is 491 Å². The zero-order valence-corrected chi connectivity index (χ0v) is 78.2. The summed E-state index contributed by atoms with van der Waals surface area (Å²) < 4.78 is 108. The molecule has 21 fully saturated rings. The third kappa shape index (κ3) is 25.2. The number of aliphatic hydroxyl groups excluding tert-OH is 19. The summed E-state index contributed by atoms with van der Waals surface area (Å²) in [5.74, 6) is -8.35. The second-order valence-corrected chi connectivity index (χ2v) is 37.3. The monoisotopic (exact) mass is 2050 g/mol. The Morgan fingerprint density at radius 2 is 0.872 bits per heavy atom. The van der Waals surface area contributed by atoms with Gasteiger partial charge in [-0.3, -0.25) is 38.4 Å². The SMILES string of the molecule is CC[C@@]1(OC(=O)CNC(=O)CNC(=O)CNC(=O)[C@@H](CSCC2O[C@H]3O[C@H]4C(CO)O[C@H](O[C@@H]5C(CO)O[C@H](O[C@@H]6C(CO)O[C@H](O[C@@H]7C(CSC[C@@H](CC(=O)CCOCCOCCC(C)=O)C(=O)NC)O[C@H](O[C@@H]8C(CO)O[C@@H](O[C@@H]9C(CO)O[C@@H](O[C@H]2[C@H](O)C3O)C(O)[C@H]9O)C(O)[C@H]8O)C(O)[C@H]7O)C(O)[C@H]6O)C(O)[C@H]5O)C(O)[C@H]4O)NC)C(=O)OCc2c1cc1n(c2=O)Cc2cc3ccccc3nc2-1. The van der Waals surface area contributed by atoms with E-state index in [0.29, 0.717) is 16.9 Å². The molecule has 25 heterocycles. The molecule has 23 aliphatic heterocycles. The number of nitrogens with one attached hydrogen (secondary N) is 5. The van der Waals surface area contributed by atoms with Crippen molar-refractivity contribution in [1.29, 1.82) is 0 Å².